The Bertz CT molecular complexity index is 333. The summed E-state index contributed by atoms with van der Waals surface area (Å²) < 4.78 is 0. The van der Waals surface area contributed by atoms with E-state index in [9.17, 15) is 4.79 Å². The van der Waals surface area contributed by atoms with E-state index in [0.717, 1.165) is 5.56 Å². The largest absolute Gasteiger partial charge is 0.354 e. The van der Waals surface area contributed by atoms with Crippen LogP contribution in [-0.4, -0.2) is 24.0 Å². The minimum Gasteiger partial charge on any atom is -0.354 e. The van der Waals surface area contributed by atoms with Gasteiger partial charge in [0.15, 0.2) is 0 Å². The van der Waals surface area contributed by atoms with Gasteiger partial charge in [-0.2, -0.15) is 0 Å². The van der Waals surface area contributed by atoms with Crippen molar-refractivity contribution in [2.75, 3.05) is 13.1 Å². The summed E-state index contributed by atoms with van der Waals surface area (Å²) in [5, 5.41) is 2.82. The second kappa shape index (κ2) is 10.1. The third-order valence-corrected chi connectivity index (χ3v) is 2.62. The molecule has 18 heavy (non-hydrogen) atoms. The van der Waals surface area contributed by atoms with Crippen LogP contribution in [0.4, 0.5) is 0 Å². The molecule has 1 amide bonds. The van der Waals surface area contributed by atoms with Gasteiger partial charge in [-0.1, -0.05) is 19.9 Å². The average Bonchev–Trinajstić information content (AvgIpc) is 2.30. The second-order valence-electron chi connectivity index (χ2n) is 4.15. The number of carbonyl (C=O) groups excluding carboxylic acids is 1. The molecule has 0 saturated heterocycles. The predicted octanol–water partition coefficient (Wildman–Crippen LogP) is 1.74. The van der Waals surface area contributed by atoms with Gasteiger partial charge in [-0.3, -0.25) is 9.78 Å². The molecule has 0 aliphatic carbocycles. The maximum Gasteiger partial charge on any atom is 0.233 e. The van der Waals surface area contributed by atoms with Gasteiger partial charge in [0.2, 0.25) is 5.91 Å². The van der Waals surface area contributed by atoms with E-state index < -0.39 is 0 Å². The van der Waals surface area contributed by atoms with Crippen LogP contribution >= 0.6 is 24.8 Å². The van der Waals surface area contributed by atoms with E-state index in [0.29, 0.717) is 12.5 Å². The lowest BCUT2D eigenvalue weighted by molar-refractivity contribution is -0.119. The monoisotopic (exact) mass is 293 g/mol. The molecule has 6 heteroatoms. The molecule has 0 bridgehead atoms. The van der Waals surface area contributed by atoms with E-state index in [1.54, 1.807) is 6.20 Å². The van der Waals surface area contributed by atoms with Gasteiger partial charge in [-0.05, 0) is 17.5 Å². The summed E-state index contributed by atoms with van der Waals surface area (Å²) in [6.07, 6.45) is 3.60. The van der Waals surface area contributed by atoms with Crippen molar-refractivity contribution in [3.05, 3.63) is 30.1 Å². The number of pyridine rings is 1. The van der Waals surface area contributed by atoms with Crippen molar-refractivity contribution in [3.63, 3.8) is 0 Å². The van der Waals surface area contributed by atoms with Gasteiger partial charge in [0.25, 0.3) is 0 Å². The van der Waals surface area contributed by atoms with Crippen LogP contribution in [0.25, 0.3) is 0 Å². The van der Waals surface area contributed by atoms with Gasteiger partial charge in [-0.15, -0.1) is 24.8 Å². The molecule has 1 atom stereocenters. The molecule has 3 N–H and O–H groups in total. The van der Waals surface area contributed by atoms with Crippen LogP contribution in [0.5, 0.6) is 0 Å². The van der Waals surface area contributed by atoms with Crippen molar-refractivity contribution in [1.82, 2.24) is 10.3 Å². The Kier molecular flexibility index (Phi) is 11.0. The molecular formula is C12H21Cl2N3O. The summed E-state index contributed by atoms with van der Waals surface area (Å²) in [5.74, 6) is 0.612. The molecule has 1 aromatic heterocycles. The first-order valence-electron chi connectivity index (χ1n) is 5.51. The van der Waals surface area contributed by atoms with Gasteiger partial charge < -0.3 is 11.1 Å². The van der Waals surface area contributed by atoms with Gasteiger partial charge in [0.1, 0.15) is 0 Å². The van der Waals surface area contributed by atoms with Gasteiger partial charge in [0.05, 0.1) is 6.54 Å². The summed E-state index contributed by atoms with van der Waals surface area (Å²) in [4.78, 5) is 15.2. The second-order valence-corrected chi connectivity index (χ2v) is 4.15. The van der Waals surface area contributed by atoms with E-state index in [-0.39, 0.29) is 43.2 Å². The molecule has 4 nitrogen and oxygen atoms in total. The maximum atomic E-state index is 11.1. The number of hydrogen-bond donors (Lipinski definition) is 2. The molecule has 104 valence electrons. The Labute approximate surface area is 121 Å². The van der Waals surface area contributed by atoms with E-state index in [2.05, 4.69) is 24.1 Å². The maximum absolute atomic E-state index is 11.1. The number of amides is 1. The predicted molar refractivity (Wildman–Crippen MR) is 78.4 cm³/mol. The molecule has 0 radical (unpaired) electrons. The standard InChI is InChI=1S/C12H19N3O.2ClH/c1-9(2)11(8-15-12(16)6-13)10-4-3-5-14-7-10;;/h3-5,7,9,11H,6,8,13H2,1-2H3,(H,15,16);2*1H. The molecule has 0 saturated carbocycles. The normalized spacial score (nSPS) is 11.1. The Hall–Kier alpha value is -0.840. The van der Waals surface area contributed by atoms with Crippen LogP contribution in [0, 0.1) is 5.92 Å². The van der Waals surface area contributed by atoms with E-state index in [4.69, 9.17) is 5.73 Å². The summed E-state index contributed by atoms with van der Waals surface area (Å²) >= 11 is 0. The number of rotatable bonds is 5. The highest BCUT2D eigenvalue weighted by Crippen LogP contribution is 2.22. The van der Waals surface area contributed by atoms with Crippen LogP contribution < -0.4 is 11.1 Å². The molecule has 0 aliphatic rings. The minimum atomic E-state index is -0.116. The number of nitrogens with zero attached hydrogens (tertiary/aromatic N) is 1. The number of nitrogens with one attached hydrogen (secondary N) is 1. The third kappa shape index (κ3) is 6.19. The summed E-state index contributed by atoms with van der Waals surface area (Å²) in [6.45, 7) is 4.91. The highest BCUT2D eigenvalue weighted by Gasteiger charge is 2.16. The molecule has 0 spiro atoms. The van der Waals surface area contributed by atoms with Crippen molar-refractivity contribution in [3.8, 4) is 0 Å². The fraction of sp³-hybridized carbons (Fsp3) is 0.500. The number of aromatic nitrogens is 1. The highest BCUT2D eigenvalue weighted by atomic mass is 35.5. The zero-order valence-corrected chi connectivity index (χ0v) is 12.3. The van der Waals surface area contributed by atoms with Crippen LogP contribution in [0.2, 0.25) is 0 Å². The number of halogens is 2. The molecule has 1 heterocycles. The van der Waals surface area contributed by atoms with Crippen molar-refractivity contribution >= 4 is 30.7 Å². The molecule has 0 aromatic carbocycles. The lowest BCUT2D eigenvalue weighted by Crippen LogP contribution is -2.34. The lowest BCUT2D eigenvalue weighted by atomic mass is 9.89. The van der Waals surface area contributed by atoms with Crippen LogP contribution in [-0.2, 0) is 4.79 Å². The average molecular weight is 294 g/mol. The Balaban J connectivity index is 0. The topological polar surface area (TPSA) is 68.0 Å². The molecule has 0 aliphatic heterocycles. The Morgan fingerprint density at radius 3 is 2.56 bits per heavy atom. The fourth-order valence-electron chi connectivity index (χ4n) is 1.63. The smallest absolute Gasteiger partial charge is 0.233 e. The fourth-order valence-corrected chi connectivity index (χ4v) is 1.63. The first-order chi connectivity index (χ1) is 7.65. The Morgan fingerprint density at radius 2 is 2.11 bits per heavy atom. The molecule has 1 rings (SSSR count). The molecule has 0 fully saturated rings. The highest BCUT2D eigenvalue weighted by molar-refractivity contribution is 5.85. The summed E-state index contributed by atoms with van der Waals surface area (Å²) in [6, 6.07) is 3.95. The van der Waals surface area contributed by atoms with E-state index in [1.807, 2.05) is 18.3 Å². The van der Waals surface area contributed by atoms with E-state index >= 15 is 0 Å². The first kappa shape index (κ1) is 19.5. The zero-order chi connectivity index (χ0) is 12.0. The van der Waals surface area contributed by atoms with Gasteiger partial charge in [-0.25, -0.2) is 0 Å². The summed E-state index contributed by atoms with van der Waals surface area (Å²) in [7, 11) is 0. The third-order valence-electron chi connectivity index (χ3n) is 2.62. The van der Waals surface area contributed by atoms with E-state index in [1.165, 1.54) is 0 Å². The van der Waals surface area contributed by atoms with Crippen molar-refractivity contribution in [2.45, 2.75) is 19.8 Å². The van der Waals surface area contributed by atoms with Gasteiger partial charge in [0, 0.05) is 24.9 Å². The van der Waals surface area contributed by atoms with Crippen molar-refractivity contribution in [1.29, 1.82) is 0 Å². The van der Waals surface area contributed by atoms with Crippen LogP contribution in [0.15, 0.2) is 24.5 Å². The van der Waals surface area contributed by atoms with Crippen LogP contribution in [0.3, 0.4) is 0 Å². The SMILES string of the molecule is CC(C)C(CNC(=O)CN)c1cccnc1.Cl.Cl. The molecular weight excluding hydrogens is 273 g/mol. The van der Waals surface area contributed by atoms with Crippen molar-refractivity contribution in [2.24, 2.45) is 11.7 Å². The lowest BCUT2D eigenvalue weighted by Gasteiger charge is -2.21. The number of nitrogens with two attached hydrogens (primary N) is 1. The van der Waals surface area contributed by atoms with Crippen LogP contribution in [0.1, 0.15) is 25.3 Å². The molecule has 1 aromatic rings. The van der Waals surface area contributed by atoms with Gasteiger partial charge >= 0.3 is 0 Å². The number of carbonyl (C=O) groups is 1. The minimum absolute atomic E-state index is 0. The van der Waals surface area contributed by atoms with Crippen molar-refractivity contribution < 1.29 is 4.79 Å². The quantitative estimate of drug-likeness (QED) is 0.869. The Morgan fingerprint density at radius 1 is 1.44 bits per heavy atom. The first-order valence-corrected chi connectivity index (χ1v) is 5.51. The molecule has 1 unspecified atom stereocenters. The number of hydrogen-bond acceptors (Lipinski definition) is 3. The zero-order valence-electron chi connectivity index (χ0n) is 10.6. The summed E-state index contributed by atoms with van der Waals surface area (Å²) in [5.41, 5.74) is 6.40.